The highest BCUT2D eigenvalue weighted by molar-refractivity contribution is 7.13. The van der Waals surface area contributed by atoms with E-state index in [4.69, 9.17) is 0 Å². The average Bonchev–Trinajstić information content (AvgIpc) is 3.23. The smallest absolute Gasteiger partial charge is 0.228 e. The van der Waals surface area contributed by atoms with Crippen molar-refractivity contribution in [3.63, 3.8) is 0 Å². The number of likely N-dealkylation sites (tertiary alicyclic amines) is 1. The van der Waals surface area contributed by atoms with Crippen LogP contribution in [0.3, 0.4) is 0 Å². The first-order valence-corrected chi connectivity index (χ1v) is 10.5. The lowest BCUT2D eigenvalue weighted by Gasteiger charge is -2.31. The second-order valence-corrected chi connectivity index (χ2v) is 7.93. The van der Waals surface area contributed by atoms with Gasteiger partial charge in [-0.2, -0.15) is 0 Å². The maximum absolute atomic E-state index is 12.7. The summed E-state index contributed by atoms with van der Waals surface area (Å²) < 4.78 is 0. The molecule has 1 amide bonds. The molecule has 4 nitrogen and oxygen atoms in total. The molecule has 0 spiro atoms. The Bertz CT molecular complexity index is 945. The maximum Gasteiger partial charge on any atom is 0.228 e. The minimum Gasteiger partial charge on any atom is -0.342 e. The van der Waals surface area contributed by atoms with E-state index in [-0.39, 0.29) is 17.6 Å². The second-order valence-electron chi connectivity index (χ2n) is 7.07. The molecule has 5 heteroatoms. The summed E-state index contributed by atoms with van der Waals surface area (Å²) >= 11 is 1.57. The summed E-state index contributed by atoms with van der Waals surface area (Å²) in [5.74, 6) is 0.297. The highest BCUT2D eigenvalue weighted by atomic mass is 32.1. The van der Waals surface area contributed by atoms with E-state index in [1.807, 2.05) is 70.9 Å². The second kappa shape index (κ2) is 8.48. The minimum absolute atomic E-state index is 0.00963. The van der Waals surface area contributed by atoms with Crippen molar-refractivity contribution >= 4 is 23.0 Å². The van der Waals surface area contributed by atoms with Gasteiger partial charge in [0.25, 0.3) is 0 Å². The molecule has 0 bridgehead atoms. The molecule has 1 saturated heterocycles. The molecule has 3 aromatic rings. The Labute approximate surface area is 168 Å². The fraction of sp³-hybridized carbons (Fsp3) is 0.261. The molecule has 4 rings (SSSR count). The van der Waals surface area contributed by atoms with Crippen LogP contribution in [0.2, 0.25) is 0 Å². The van der Waals surface area contributed by atoms with Crippen LogP contribution in [-0.4, -0.2) is 34.7 Å². The number of thiazole rings is 1. The number of rotatable bonds is 5. The lowest BCUT2D eigenvalue weighted by molar-refractivity contribution is -0.131. The van der Waals surface area contributed by atoms with E-state index in [2.05, 4.69) is 4.98 Å². The van der Waals surface area contributed by atoms with Gasteiger partial charge in [0.15, 0.2) is 5.78 Å². The van der Waals surface area contributed by atoms with Crippen molar-refractivity contribution in [3.8, 4) is 10.6 Å². The third kappa shape index (κ3) is 4.20. The molecule has 142 valence electrons. The lowest BCUT2D eigenvalue weighted by Crippen LogP contribution is -2.41. The molecule has 1 aliphatic heterocycles. The zero-order valence-corrected chi connectivity index (χ0v) is 16.4. The highest BCUT2D eigenvalue weighted by Crippen LogP contribution is 2.25. The van der Waals surface area contributed by atoms with Gasteiger partial charge in [-0.3, -0.25) is 9.59 Å². The van der Waals surface area contributed by atoms with Crippen LogP contribution >= 0.6 is 11.3 Å². The van der Waals surface area contributed by atoms with Crippen LogP contribution in [0, 0.1) is 5.92 Å². The van der Waals surface area contributed by atoms with Gasteiger partial charge in [-0.1, -0.05) is 60.7 Å². The molecular weight excluding hydrogens is 368 g/mol. The first-order chi connectivity index (χ1) is 13.7. The average molecular weight is 391 g/mol. The Kier molecular flexibility index (Phi) is 5.63. The van der Waals surface area contributed by atoms with Crippen molar-refractivity contribution in [1.82, 2.24) is 9.88 Å². The third-order valence-corrected chi connectivity index (χ3v) is 6.12. The maximum atomic E-state index is 12.7. The van der Waals surface area contributed by atoms with Crippen LogP contribution in [0.25, 0.3) is 10.6 Å². The Hall–Kier alpha value is -2.79. The first-order valence-electron chi connectivity index (χ1n) is 9.57. The first kappa shape index (κ1) is 18.6. The molecule has 1 aliphatic rings. The number of carbonyl (C=O) groups is 2. The monoisotopic (exact) mass is 390 g/mol. The number of aromatic nitrogens is 1. The summed E-state index contributed by atoms with van der Waals surface area (Å²) in [4.78, 5) is 31.7. The van der Waals surface area contributed by atoms with Gasteiger partial charge in [0.2, 0.25) is 5.91 Å². The Morgan fingerprint density at radius 1 is 0.964 bits per heavy atom. The molecule has 0 saturated carbocycles. The van der Waals surface area contributed by atoms with E-state index >= 15 is 0 Å². The van der Waals surface area contributed by atoms with Gasteiger partial charge in [0.1, 0.15) is 5.01 Å². The number of Topliss-reactive ketones (excluding diaryl/α,β-unsaturated/α-hetero) is 1. The molecule has 0 atom stereocenters. The quantitative estimate of drug-likeness (QED) is 0.604. The summed E-state index contributed by atoms with van der Waals surface area (Å²) in [6.45, 7) is 1.27. The lowest BCUT2D eigenvalue weighted by atomic mass is 9.89. The zero-order chi connectivity index (χ0) is 19.3. The van der Waals surface area contributed by atoms with Crippen molar-refractivity contribution < 1.29 is 9.59 Å². The van der Waals surface area contributed by atoms with E-state index < -0.39 is 0 Å². The van der Waals surface area contributed by atoms with Crippen molar-refractivity contribution in [3.05, 3.63) is 77.3 Å². The fourth-order valence-corrected chi connectivity index (χ4v) is 4.42. The summed E-state index contributed by atoms with van der Waals surface area (Å²) in [5.41, 5.74) is 2.66. The Balaban J connectivity index is 1.32. The van der Waals surface area contributed by atoms with Crippen molar-refractivity contribution in [2.24, 2.45) is 5.92 Å². The van der Waals surface area contributed by atoms with Gasteiger partial charge in [0.05, 0.1) is 12.1 Å². The normalized spacial score (nSPS) is 14.8. The molecule has 0 unspecified atom stereocenters. The molecular formula is C23H22N2O2S. The predicted octanol–water partition coefficient (Wildman–Crippen LogP) is 4.47. The van der Waals surface area contributed by atoms with E-state index in [1.54, 1.807) is 11.3 Å². The molecule has 0 aliphatic carbocycles. The summed E-state index contributed by atoms with van der Waals surface area (Å²) in [6, 6.07) is 19.4. The SMILES string of the molecule is O=C(c1ccccc1)C1CCN(C(=O)Cc2csc(-c3ccccc3)n2)CC1. The van der Waals surface area contributed by atoms with Crippen molar-refractivity contribution in [2.75, 3.05) is 13.1 Å². The number of ketones is 1. The summed E-state index contributed by atoms with van der Waals surface area (Å²) in [7, 11) is 0. The summed E-state index contributed by atoms with van der Waals surface area (Å²) in [6.07, 6.45) is 1.78. The molecule has 1 aromatic heterocycles. The third-order valence-electron chi connectivity index (χ3n) is 5.18. The fourth-order valence-electron chi connectivity index (χ4n) is 3.60. The molecule has 1 fully saturated rings. The predicted molar refractivity (Wildman–Crippen MR) is 111 cm³/mol. The van der Waals surface area contributed by atoms with E-state index in [9.17, 15) is 9.59 Å². The number of hydrogen-bond acceptors (Lipinski definition) is 4. The van der Waals surface area contributed by atoms with Gasteiger partial charge in [0, 0.05) is 35.5 Å². The standard InChI is InChI=1S/C23H22N2O2S/c26-21(15-20-16-28-23(24-20)19-9-5-2-6-10-19)25-13-11-18(12-14-25)22(27)17-7-3-1-4-8-17/h1-10,16,18H,11-15H2. The van der Waals surface area contributed by atoms with Crippen LogP contribution in [0.5, 0.6) is 0 Å². The molecule has 2 aromatic carbocycles. The van der Waals surface area contributed by atoms with E-state index in [0.717, 1.165) is 34.7 Å². The molecule has 28 heavy (non-hydrogen) atoms. The number of benzene rings is 2. The Morgan fingerprint density at radius 2 is 1.61 bits per heavy atom. The topological polar surface area (TPSA) is 50.3 Å². The van der Waals surface area contributed by atoms with Crippen molar-refractivity contribution in [1.29, 1.82) is 0 Å². The van der Waals surface area contributed by atoms with Gasteiger partial charge < -0.3 is 4.90 Å². The zero-order valence-electron chi connectivity index (χ0n) is 15.6. The van der Waals surface area contributed by atoms with Gasteiger partial charge in [-0.25, -0.2) is 4.98 Å². The van der Waals surface area contributed by atoms with Crippen molar-refractivity contribution in [2.45, 2.75) is 19.3 Å². The van der Waals surface area contributed by atoms with Crippen LogP contribution in [-0.2, 0) is 11.2 Å². The molecule has 2 heterocycles. The molecule has 0 radical (unpaired) electrons. The number of piperidine rings is 1. The number of hydrogen-bond donors (Lipinski definition) is 0. The summed E-state index contributed by atoms with van der Waals surface area (Å²) in [5, 5.41) is 2.90. The van der Waals surface area contributed by atoms with Gasteiger partial charge >= 0.3 is 0 Å². The van der Waals surface area contributed by atoms with Gasteiger partial charge in [-0.15, -0.1) is 11.3 Å². The highest BCUT2D eigenvalue weighted by Gasteiger charge is 2.28. The van der Waals surface area contributed by atoms with Crippen LogP contribution in [0.4, 0.5) is 0 Å². The Morgan fingerprint density at radius 3 is 2.29 bits per heavy atom. The van der Waals surface area contributed by atoms with Gasteiger partial charge in [-0.05, 0) is 12.8 Å². The van der Waals surface area contributed by atoms with Crippen LogP contribution in [0.15, 0.2) is 66.0 Å². The van der Waals surface area contributed by atoms with Crippen LogP contribution in [0.1, 0.15) is 28.9 Å². The largest absolute Gasteiger partial charge is 0.342 e. The van der Waals surface area contributed by atoms with Crippen LogP contribution < -0.4 is 0 Å². The number of nitrogens with zero attached hydrogens (tertiary/aromatic N) is 2. The van der Waals surface area contributed by atoms with E-state index in [0.29, 0.717) is 19.5 Å². The minimum atomic E-state index is 0.00963. The number of carbonyl (C=O) groups excluding carboxylic acids is 2. The molecule has 0 N–H and O–H groups in total. The van der Waals surface area contributed by atoms with E-state index in [1.165, 1.54) is 0 Å². The number of amides is 1.